The van der Waals surface area contributed by atoms with Crippen LogP contribution < -0.4 is 0 Å². The summed E-state index contributed by atoms with van der Waals surface area (Å²) in [5, 5.41) is 9.18. The van der Waals surface area contributed by atoms with Crippen LogP contribution in [0.5, 0.6) is 0 Å². The standard InChI is InChI=1S/C7H14O3/c1-7(2,3)5(8)6(9)10-4/h5,8H,1-4H3/t5-/m0/s1. The zero-order valence-electron chi connectivity index (χ0n) is 6.84. The minimum atomic E-state index is -1.03. The molecule has 60 valence electrons. The van der Waals surface area contributed by atoms with Crippen molar-refractivity contribution in [2.75, 3.05) is 7.11 Å². The van der Waals surface area contributed by atoms with Crippen molar-refractivity contribution in [3.8, 4) is 0 Å². The summed E-state index contributed by atoms with van der Waals surface area (Å²) in [7, 11) is 1.26. The van der Waals surface area contributed by atoms with Gasteiger partial charge in [-0.2, -0.15) is 0 Å². The summed E-state index contributed by atoms with van der Waals surface area (Å²) in [6.07, 6.45) is -1.03. The van der Waals surface area contributed by atoms with Crippen molar-refractivity contribution in [2.24, 2.45) is 5.41 Å². The summed E-state index contributed by atoms with van der Waals surface area (Å²) in [6, 6.07) is 0. The monoisotopic (exact) mass is 146 g/mol. The number of esters is 1. The molecule has 0 radical (unpaired) electrons. The summed E-state index contributed by atoms with van der Waals surface area (Å²) in [6.45, 7) is 5.32. The third-order valence-electron chi connectivity index (χ3n) is 1.24. The van der Waals surface area contributed by atoms with E-state index in [2.05, 4.69) is 4.74 Å². The van der Waals surface area contributed by atoms with E-state index in [1.165, 1.54) is 7.11 Å². The third-order valence-corrected chi connectivity index (χ3v) is 1.24. The minimum Gasteiger partial charge on any atom is -0.467 e. The molecule has 0 amide bonds. The van der Waals surface area contributed by atoms with Gasteiger partial charge in [-0.1, -0.05) is 20.8 Å². The largest absolute Gasteiger partial charge is 0.467 e. The van der Waals surface area contributed by atoms with Crippen LogP contribution in [0.25, 0.3) is 0 Å². The van der Waals surface area contributed by atoms with E-state index < -0.39 is 17.5 Å². The maximum atomic E-state index is 10.7. The lowest BCUT2D eigenvalue weighted by Crippen LogP contribution is -2.34. The number of rotatable bonds is 1. The van der Waals surface area contributed by atoms with Gasteiger partial charge >= 0.3 is 5.97 Å². The Morgan fingerprint density at radius 1 is 1.50 bits per heavy atom. The molecule has 0 aliphatic rings. The van der Waals surface area contributed by atoms with Gasteiger partial charge in [-0.15, -0.1) is 0 Å². The lowest BCUT2D eigenvalue weighted by atomic mass is 9.89. The molecule has 3 nitrogen and oxygen atoms in total. The Balaban J connectivity index is 4.08. The van der Waals surface area contributed by atoms with Crippen LogP contribution in [0.3, 0.4) is 0 Å². The molecule has 0 bridgehead atoms. The second-order valence-corrected chi connectivity index (χ2v) is 3.29. The van der Waals surface area contributed by atoms with Crippen molar-refractivity contribution in [3.63, 3.8) is 0 Å². The lowest BCUT2D eigenvalue weighted by molar-refractivity contribution is -0.156. The number of hydrogen-bond acceptors (Lipinski definition) is 3. The van der Waals surface area contributed by atoms with Crippen molar-refractivity contribution >= 4 is 5.97 Å². The normalized spacial score (nSPS) is 14.5. The van der Waals surface area contributed by atoms with Gasteiger partial charge in [0.2, 0.25) is 0 Å². The molecule has 1 N–H and O–H groups in total. The molecule has 0 aliphatic heterocycles. The average molecular weight is 146 g/mol. The van der Waals surface area contributed by atoms with Crippen LogP contribution in [0.4, 0.5) is 0 Å². The van der Waals surface area contributed by atoms with E-state index in [0.717, 1.165) is 0 Å². The minimum absolute atomic E-state index is 0.437. The van der Waals surface area contributed by atoms with Gasteiger partial charge in [0.05, 0.1) is 7.11 Å². The zero-order chi connectivity index (χ0) is 8.36. The number of carbonyl (C=O) groups excluding carboxylic acids is 1. The topological polar surface area (TPSA) is 46.5 Å². The van der Waals surface area contributed by atoms with Crippen LogP contribution in [0.2, 0.25) is 0 Å². The number of hydrogen-bond donors (Lipinski definition) is 1. The van der Waals surface area contributed by atoms with Crippen LogP contribution >= 0.6 is 0 Å². The summed E-state index contributed by atoms with van der Waals surface area (Å²) >= 11 is 0. The molecular weight excluding hydrogens is 132 g/mol. The first-order chi connectivity index (χ1) is 4.39. The first kappa shape index (κ1) is 9.43. The highest BCUT2D eigenvalue weighted by Crippen LogP contribution is 2.19. The zero-order valence-corrected chi connectivity index (χ0v) is 6.84. The van der Waals surface area contributed by atoms with Gasteiger partial charge in [-0.3, -0.25) is 0 Å². The molecule has 1 atom stereocenters. The molecule has 0 saturated heterocycles. The predicted octanol–water partition coefficient (Wildman–Crippen LogP) is 0.566. The quantitative estimate of drug-likeness (QED) is 0.550. The fraction of sp³-hybridized carbons (Fsp3) is 0.857. The van der Waals surface area contributed by atoms with Gasteiger partial charge in [-0.05, 0) is 5.41 Å². The van der Waals surface area contributed by atoms with E-state index in [1.807, 2.05) is 0 Å². The lowest BCUT2D eigenvalue weighted by Gasteiger charge is -2.22. The van der Waals surface area contributed by atoms with Crippen molar-refractivity contribution < 1.29 is 14.6 Å². The summed E-state index contributed by atoms with van der Waals surface area (Å²) < 4.78 is 4.35. The van der Waals surface area contributed by atoms with Crippen molar-refractivity contribution in [2.45, 2.75) is 26.9 Å². The first-order valence-corrected chi connectivity index (χ1v) is 3.15. The second-order valence-electron chi connectivity index (χ2n) is 3.29. The van der Waals surface area contributed by atoms with Crippen molar-refractivity contribution in [3.05, 3.63) is 0 Å². The summed E-state index contributed by atoms with van der Waals surface area (Å²) in [4.78, 5) is 10.7. The fourth-order valence-corrected chi connectivity index (χ4v) is 0.465. The molecule has 0 spiro atoms. The third kappa shape index (κ3) is 2.35. The van der Waals surface area contributed by atoms with Crippen LogP contribution in [-0.4, -0.2) is 24.3 Å². The van der Waals surface area contributed by atoms with Gasteiger partial charge in [-0.25, -0.2) is 4.79 Å². The molecular formula is C7H14O3. The highest BCUT2D eigenvalue weighted by molar-refractivity contribution is 5.75. The van der Waals surface area contributed by atoms with Crippen LogP contribution in [0.1, 0.15) is 20.8 Å². The number of ether oxygens (including phenoxy) is 1. The molecule has 0 heterocycles. The van der Waals surface area contributed by atoms with E-state index in [-0.39, 0.29) is 0 Å². The molecule has 0 rings (SSSR count). The molecule has 0 aromatic rings. The molecule has 10 heavy (non-hydrogen) atoms. The number of aliphatic hydroxyl groups is 1. The molecule has 0 aliphatic carbocycles. The summed E-state index contributed by atoms with van der Waals surface area (Å²) in [5.74, 6) is -0.576. The smallest absolute Gasteiger partial charge is 0.335 e. The highest BCUT2D eigenvalue weighted by Gasteiger charge is 2.29. The predicted molar refractivity (Wildman–Crippen MR) is 37.5 cm³/mol. The Morgan fingerprint density at radius 2 is 1.90 bits per heavy atom. The van der Waals surface area contributed by atoms with Gasteiger partial charge < -0.3 is 9.84 Å². The van der Waals surface area contributed by atoms with Crippen molar-refractivity contribution in [1.29, 1.82) is 0 Å². The highest BCUT2D eigenvalue weighted by atomic mass is 16.5. The summed E-state index contributed by atoms with van der Waals surface area (Å²) in [5.41, 5.74) is -0.437. The van der Waals surface area contributed by atoms with Crippen LogP contribution in [0, 0.1) is 5.41 Å². The Kier molecular flexibility index (Phi) is 2.84. The molecule has 0 aromatic heterocycles. The maximum Gasteiger partial charge on any atom is 0.335 e. The number of methoxy groups -OCH3 is 1. The molecule has 0 unspecified atom stereocenters. The fourth-order valence-electron chi connectivity index (χ4n) is 0.465. The Hall–Kier alpha value is -0.570. The van der Waals surface area contributed by atoms with E-state index in [4.69, 9.17) is 0 Å². The van der Waals surface area contributed by atoms with E-state index in [0.29, 0.717) is 0 Å². The Labute approximate surface area is 61.0 Å². The van der Waals surface area contributed by atoms with Gasteiger partial charge in [0, 0.05) is 0 Å². The van der Waals surface area contributed by atoms with Crippen LogP contribution in [-0.2, 0) is 9.53 Å². The van der Waals surface area contributed by atoms with Gasteiger partial charge in [0.1, 0.15) is 0 Å². The SMILES string of the molecule is COC(=O)[C@H](O)C(C)(C)C. The Morgan fingerprint density at radius 3 is 2.00 bits per heavy atom. The number of aliphatic hydroxyl groups excluding tert-OH is 1. The van der Waals surface area contributed by atoms with Gasteiger partial charge in [0.15, 0.2) is 6.10 Å². The van der Waals surface area contributed by atoms with Crippen LogP contribution in [0.15, 0.2) is 0 Å². The number of carbonyl (C=O) groups is 1. The average Bonchev–Trinajstić information content (AvgIpc) is 1.83. The molecule has 0 fully saturated rings. The first-order valence-electron chi connectivity index (χ1n) is 3.15. The maximum absolute atomic E-state index is 10.7. The van der Waals surface area contributed by atoms with E-state index in [1.54, 1.807) is 20.8 Å². The van der Waals surface area contributed by atoms with Gasteiger partial charge in [0.25, 0.3) is 0 Å². The van der Waals surface area contributed by atoms with Crippen molar-refractivity contribution in [1.82, 2.24) is 0 Å². The van der Waals surface area contributed by atoms with E-state index >= 15 is 0 Å². The molecule has 0 saturated carbocycles. The molecule has 0 aromatic carbocycles. The second kappa shape index (κ2) is 3.01. The molecule has 3 heteroatoms. The van der Waals surface area contributed by atoms with E-state index in [9.17, 15) is 9.90 Å². The Bertz CT molecular complexity index is 123.